The zero-order valence-corrected chi connectivity index (χ0v) is 46.9. The number of hydrogen-bond acceptors (Lipinski definition) is 0. The Kier molecular flexibility index (Phi) is 10.7. The highest BCUT2D eigenvalue weighted by atomic mass is 15.0. The van der Waals surface area contributed by atoms with Crippen molar-refractivity contribution in [3.8, 4) is 67.0 Å². The van der Waals surface area contributed by atoms with Crippen molar-refractivity contribution in [1.29, 1.82) is 0 Å². The highest BCUT2D eigenvalue weighted by Gasteiger charge is 2.24. The van der Waals surface area contributed by atoms with E-state index in [0.717, 1.165) is 11.4 Å². The summed E-state index contributed by atoms with van der Waals surface area (Å²) in [7, 11) is 0. The van der Waals surface area contributed by atoms with E-state index in [4.69, 9.17) is 0 Å². The molecule has 398 valence electrons. The molecule has 0 aliphatic rings. The van der Waals surface area contributed by atoms with Crippen LogP contribution in [0.1, 0.15) is 0 Å². The van der Waals surface area contributed by atoms with E-state index in [2.05, 4.69) is 325 Å². The highest BCUT2D eigenvalue weighted by Crippen LogP contribution is 2.51. The molecule has 86 heavy (non-hydrogen) atoms. The minimum atomic E-state index is 1.15. The Labute approximate surface area is 496 Å². The van der Waals surface area contributed by atoms with E-state index in [9.17, 15) is 0 Å². The summed E-state index contributed by atoms with van der Waals surface area (Å²) in [5.74, 6) is 0. The van der Waals surface area contributed by atoms with Crippen molar-refractivity contribution in [3.63, 3.8) is 0 Å². The molecule has 0 bridgehead atoms. The lowest BCUT2D eigenvalue weighted by Gasteiger charge is -2.22. The second kappa shape index (κ2) is 19.1. The third kappa shape index (κ3) is 7.27. The summed E-state index contributed by atoms with van der Waals surface area (Å²) in [6, 6.07) is 118. The summed E-state index contributed by atoms with van der Waals surface area (Å²) in [4.78, 5) is 0. The zero-order chi connectivity index (χ0) is 56.4. The molecule has 0 saturated carbocycles. The van der Waals surface area contributed by atoms with Gasteiger partial charge in [0.2, 0.25) is 0 Å². The van der Waals surface area contributed by atoms with Gasteiger partial charge in [0, 0.05) is 32.9 Å². The van der Waals surface area contributed by atoms with Crippen molar-refractivity contribution in [2.75, 3.05) is 0 Å². The highest BCUT2D eigenvalue weighted by molar-refractivity contribution is 6.29. The fraction of sp³-hybridized carbons (Fsp3) is 0. The van der Waals surface area contributed by atoms with E-state index in [1.165, 1.54) is 164 Å². The van der Waals surface area contributed by atoms with Gasteiger partial charge < -0.3 is 9.13 Å². The van der Waals surface area contributed by atoms with Gasteiger partial charge >= 0.3 is 0 Å². The van der Waals surface area contributed by atoms with Gasteiger partial charge in [-0.3, -0.25) is 0 Å². The molecule has 18 aromatic rings. The Morgan fingerprint density at radius 1 is 0.163 bits per heavy atom. The van der Waals surface area contributed by atoms with Crippen molar-refractivity contribution < 1.29 is 0 Å². The normalized spacial score (nSPS) is 12.0. The molecule has 0 radical (unpaired) electrons. The van der Waals surface area contributed by atoms with E-state index in [-0.39, 0.29) is 0 Å². The topological polar surface area (TPSA) is 9.86 Å². The molecule has 16 aromatic carbocycles. The molecule has 0 unspecified atom stereocenters. The molecule has 0 saturated heterocycles. The van der Waals surface area contributed by atoms with E-state index >= 15 is 0 Å². The monoisotopic (exact) mass is 1090 g/mol. The third-order valence-corrected chi connectivity index (χ3v) is 18.5. The van der Waals surface area contributed by atoms with Crippen molar-refractivity contribution in [3.05, 3.63) is 315 Å². The summed E-state index contributed by atoms with van der Waals surface area (Å²) in [5, 5.41) is 19.6. The Hall–Kier alpha value is -11.3. The standard InChI is InChI=1S/C84H52N2/c1-3-25-57(26-4-1)85-79-43-13-11-31-67(79)77-49-55(45-47-81(77)85)61-33-17-39-69-73(61)51-74-62(56-46-48-82-78(50-56)68-32-12-14-44-80(68)86(82)58-27-5-2-6-28-58)34-18-40-70(74)83(69)84-71-41-19-37-65(63-35-15-23-53-21-7-9-29-59(53)63)75(71)52-76-66(38-20-42-72(76)84)64-36-16-24-54-22-8-10-30-60(54)64/h1-52H. The number of fused-ring (bicyclic) bond motifs is 12. The maximum Gasteiger partial charge on any atom is 0.0541 e. The molecule has 0 aliphatic carbocycles. The second-order valence-electron chi connectivity index (χ2n) is 23.0. The van der Waals surface area contributed by atoms with Crippen LogP contribution in [0.2, 0.25) is 0 Å². The van der Waals surface area contributed by atoms with E-state index in [1.54, 1.807) is 0 Å². The molecule has 18 rings (SSSR count). The first-order chi connectivity index (χ1) is 42.7. The van der Waals surface area contributed by atoms with E-state index < -0.39 is 0 Å². The van der Waals surface area contributed by atoms with Gasteiger partial charge in [-0.2, -0.15) is 0 Å². The van der Waals surface area contributed by atoms with E-state index in [0.29, 0.717) is 0 Å². The number of para-hydroxylation sites is 4. The van der Waals surface area contributed by atoms with Crippen molar-refractivity contribution in [1.82, 2.24) is 9.13 Å². The number of hydrogen-bond donors (Lipinski definition) is 0. The van der Waals surface area contributed by atoms with Gasteiger partial charge in [0.05, 0.1) is 22.1 Å². The van der Waals surface area contributed by atoms with Crippen LogP contribution in [0.5, 0.6) is 0 Å². The van der Waals surface area contributed by atoms with E-state index in [1.807, 2.05) is 0 Å². The number of rotatable bonds is 7. The van der Waals surface area contributed by atoms with Crippen molar-refractivity contribution >= 4 is 108 Å². The molecule has 0 aliphatic heterocycles. The Balaban J connectivity index is 0.981. The smallest absolute Gasteiger partial charge is 0.0541 e. The summed E-state index contributed by atoms with van der Waals surface area (Å²) in [6.45, 7) is 0. The maximum atomic E-state index is 2.52. The third-order valence-electron chi connectivity index (χ3n) is 18.5. The minimum absolute atomic E-state index is 1.15. The van der Waals surface area contributed by atoms with Crippen LogP contribution in [0.4, 0.5) is 0 Å². The molecular formula is C84H52N2. The summed E-state index contributed by atoms with van der Waals surface area (Å²) >= 11 is 0. The molecule has 0 fully saturated rings. The molecule has 2 heterocycles. The van der Waals surface area contributed by atoms with Gasteiger partial charge in [-0.25, -0.2) is 0 Å². The average Bonchev–Trinajstić information content (AvgIpc) is 0.991. The predicted octanol–water partition coefficient (Wildman–Crippen LogP) is 23.1. The van der Waals surface area contributed by atoms with Crippen LogP contribution in [0.15, 0.2) is 315 Å². The fourth-order valence-electron chi connectivity index (χ4n) is 14.8. The largest absolute Gasteiger partial charge is 0.309 e. The lowest BCUT2D eigenvalue weighted by atomic mass is 9.81. The van der Waals surface area contributed by atoms with Gasteiger partial charge in [0.15, 0.2) is 0 Å². The molecule has 0 N–H and O–H groups in total. The fourth-order valence-corrected chi connectivity index (χ4v) is 14.8. The summed E-state index contributed by atoms with van der Waals surface area (Å²) in [6.07, 6.45) is 0. The molecule has 2 nitrogen and oxygen atoms in total. The maximum absolute atomic E-state index is 2.52. The van der Waals surface area contributed by atoms with Crippen LogP contribution < -0.4 is 0 Å². The van der Waals surface area contributed by atoms with Crippen LogP contribution in [0.3, 0.4) is 0 Å². The SMILES string of the molecule is c1ccc(-n2c3ccccc3c3cc(-c4cccc5c(-c6c7cccc(-c8cccc9ccccc89)c7cc7c(-c8cccc9ccccc89)cccc67)c6cccc(-c7ccc8c(c7)c7ccccc7n8-c7ccccc7)c6cc45)ccc32)cc1. The Morgan fingerprint density at radius 3 is 0.872 bits per heavy atom. The Morgan fingerprint density at radius 2 is 0.453 bits per heavy atom. The molecule has 2 aromatic heterocycles. The first-order valence-corrected chi connectivity index (χ1v) is 29.8. The van der Waals surface area contributed by atoms with Gasteiger partial charge in [0.1, 0.15) is 0 Å². The van der Waals surface area contributed by atoms with Crippen LogP contribution in [-0.2, 0) is 0 Å². The summed E-state index contributed by atoms with van der Waals surface area (Å²) in [5.41, 5.74) is 19.1. The number of benzene rings is 16. The van der Waals surface area contributed by atoms with Crippen LogP contribution in [0.25, 0.3) is 175 Å². The van der Waals surface area contributed by atoms with Crippen LogP contribution in [0, 0.1) is 0 Å². The van der Waals surface area contributed by atoms with Gasteiger partial charge in [-0.1, -0.05) is 243 Å². The van der Waals surface area contributed by atoms with Gasteiger partial charge in [-0.15, -0.1) is 0 Å². The molecular weight excluding hydrogens is 1040 g/mol. The summed E-state index contributed by atoms with van der Waals surface area (Å²) < 4.78 is 4.82. The lowest BCUT2D eigenvalue weighted by Crippen LogP contribution is -1.95. The second-order valence-corrected chi connectivity index (χ2v) is 23.0. The average molecular weight is 1090 g/mol. The number of aromatic nitrogens is 2. The zero-order valence-electron chi connectivity index (χ0n) is 46.9. The van der Waals surface area contributed by atoms with Gasteiger partial charge in [0.25, 0.3) is 0 Å². The van der Waals surface area contributed by atoms with Crippen molar-refractivity contribution in [2.24, 2.45) is 0 Å². The molecule has 0 spiro atoms. The molecule has 2 heteroatoms. The quantitative estimate of drug-likeness (QED) is 0.141. The molecule has 0 atom stereocenters. The first kappa shape index (κ1) is 48.2. The van der Waals surface area contributed by atoms with Crippen LogP contribution >= 0.6 is 0 Å². The number of nitrogens with zero attached hydrogens (tertiary/aromatic N) is 2. The Bertz CT molecular complexity index is 5460. The predicted molar refractivity (Wildman–Crippen MR) is 367 cm³/mol. The van der Waals surface area contributed by atoms with Gasteiger partial charge in [-0.05, 0) is 193 Å². The van der Waals surface area contributed by atoms with Crippen LogP contribution in [-0.4, -0.2) is 9.13 Å². The molecule has 0 amide bonds. The van der Waals surface area contributed by atoms with Crippen molar-refractivity contribution in [2.45, 2.75) is 0 Å². The first-order valence-electron chi connectivity index (χ1n) is 29.8. The lowest BCUT2D eigenvalue weighted by molar-refractivity contribution is 1.18. The minimum Gasteiger partial charge on any atom is -0.309 e.